The summed E-state index contributed by atoms with van der Waals surface area (Å²) in [6.45, 7) is 0. The van der Waals surface area contributed by atoms with Gasteiger partial charge in [-0.05, 0) is 23.3 Å². The standard InChI is InChI=1S/C14H9BrClF3/c15-8-9-5-6-11(13(16)7-9)10-3-1-2-4-12(10)14(17,18)19/h1-7H,8H2. The number of hydrogen-bond acceptors (Lipinski definition) is 0. The van der Waals surface area contributed by atoms with Crippen molar-refractivity contribution in [1.82, 2.24) is 0 Å². The minimum absolute atomic E-state index is 0.0983. The highest BCUT2D eigenvalue weighted by atomic mass is 79.9. The molecule has 0 saturated heterocycles. The van der Waals surface area contributed by atoms with Crippen LogP contribution in [0.3, 0.4) is 0 Å². The molecule has 2 rings (SSSR count). The second kappa shape index (κ2) is 5.55. The van der Waals surface area contributed by atoms with Gasteiger partial charge in [0.2, 0.25) is 0 Å². The molecule has 0 amide bonds. The second-order valence-electron chi connectivity index (χ2n) is 3.99. The van der Waals surface area contributed by atoms with Crippen LogP contribution in [0.1, 0.15) is 11.1 Å². The van der Waals surface area contributed by atoms with Crippen molar-refractivity contribution in [1.29, 1.82) is 0 Å². The number of hydrogen-bond donors (Lipinski definition) is 0. The lowest BCUT2D eigenvalue weighted by Gasteiger charge is -2.14. The highest BCUT2D eigenvalue weighted by Gasteiger charge is 2.33. The highest BCUT2D eigenvalue weighted by Crippen LogP contribution is 2.39. The molecule has 5 heteroatoms. The van der Waals surface area contributed by atoms with Crippen LogP contribution in [-0.4, -0.2) is 0 Å². The monoisotopic (exact) mass is 348 g/mol. The smallest absolute Gasteiger partial charge is 0.166 e. The fourth-order valence-corrected chi connectivity index (χ4v) is 2.48. The molecule has 0 radical (unpaired) electrons. The summed E-state index contributed by atoms with van der Waals surface area (Å²) in [6.07, 6.45) is -4.39. The molecule has 0 bridgehead atoms. The first-order chi connectivity index (χ1) is 8.93. The molecule has 0 saturated carbocycles. The lowest BCUT2D eigenvalue weighted by Crippen LogP contribution is -2.07. The minimum atomic E-state index is -4.39. The maximum atomic E-state index is 13.0. The Hall–Kier alpha value is -1.000. The predicted molar refractivity (Wildman–Crippen MR) is 74.5 cm³/mol. The fourth-order valence-electron chi connectivity index (χ4n) is 1.83. The first-order valence-corrected chi connectivity index (χ1v) is 6.94. The van der Waals surface area contributed by atoms with Crippen molar-refractivity contribution in [3.8, 4) is 11.1 Å². The molecule has 0 unspecified atom stereocenters. The molecule has 0 nitrogen and oxygen atoms in total. The summed E-state index contributed by atoms with van der Waals surface area (Å²) < 4.78 is 38.9. The van der Waals surface area contributed by atoms with E-state index in [1.165, 1.54) is 12.1 Å². The molecule has 2 aromatic rings. The van der Waals surface area contributed by atoms with Gasteiger partial charge < -0.3 is 0 Å². The highest BCUT2D eigenvalue weighted by molar-refractivity contribution is 9.08. The number of benzene rings is 2. The predicted octanol–water partition coefficient (Wildman–Crippen LogP) is 5.92. The van der Waals surface area contributed by atoms with Crippen LogP contribution in [0.4, 0.5) is 13.2 Å². The van der Waals surface area contributed by atoms with Crippen molar-refractivity contribution < 1.29 is 13.2 Å². The van der Waals surface area contributed by atoms with Gasteiger partial charge in [-0.3, -0.25) is 0 Å². The normalized spacial score (nSPS) is 11.6. The van der Waals surface area contributed by atoms with Gasteiger partial charge in [-0.1, -0.05) is 57.9 Å². The largest absolute Gasteiger partial charge is 0.417 e. The lowest BCUT2D eigenvalue weighted by molar-refractivity contribution is -0.137. The molecular weight excluding hydrogens is 341 g/mol. The first kappa shape index (κ1) is 14.4. The van der Waals surface area contributed by atoms with Gasteiger partial charge in [0.25, 0.3) is 0 Å². The average molecular weight is 350 g/mol. The molecule has 100 valence electrons. The van der Waals surface area contributed by atoms with E-state index < -0.39 is 11.7 Å². The molecule has 0 aromatic heterocycles. The maximum absolute atomic E-state index is 13.0. The molecule has 0 aliphatic carbocycles. The Morgan fingerprint density at radius 1 is 1.00 bits per heavy atom. The van der Waals surface area contributed by atoms with Gasteiger partial charge in [-0.2, -0.15) is 13.2 Å². The van der Waals surface area contributed by atoms with Crippen LogP contribution in [0.2, 0.25) is 5.02 Å². The summed E-state index contributed by atoms with van der Waals surface area (Å²) in [4.78, 5) is 0. The van der Waals surface area contributed by atoms with E-state index in [0.29, 0.717) is 15.9 Å². The van der Waals surface area contributed by atoms with E-state index in [1.54, 1.807) is 24.3 Å². The van der Waals surface area contributed by atoms with Gasteiger partial charge in [0, 0.05) is 15.9 Å². The van der Waals surface area contributed by atoms with E-state index in [9.17, 15) is 13.2 Å². The van der Waals surface area contributed by atoms with Crippen LogP contribution in [-0.2, 0) is 11.5 Å². The Bertz CT molecular complexity index is 593. The van der Waals surface area contributed by atoms with Crippen LogP contribution >= 0.6 is 27.5 Å². The van der Waals surface area contributed by atoms with E-state index in [-0.39, 0.29) is 5.56 Å². The molecule has 0 spiro atoms. The average Bonchev–Trinajstić information content (AvgIpc) is 2.37. The Morgan fingerprint density at radius 2 is 1.68 bits per heavy atom. The van der Waals surface area contributed by atoms with Crippen LogP contribution in [0.15, 0.2) is 42.5 Å². The third-order valence-electron chi connectivity index (χ3n) is 2.71. The van der Waals surface area contributed by atoms with Crippen LogP contribution in [0.5, 0.6) is 0 Å². The second-order valence-corrected chi connectivity index (χ2v) is 4.96. The Morgan fingerprint density at radius 3 is 2.26 bits per heavy atom. The number of halogens is 5. The molecule has 2 aromatic carbocycles. The summed E-state index contributed by atoms with van der Waals surface area (Å²) >= 11 is 9.36. The van der Waals surface area contributed by atoms with Crippen molar-refractivity contribution in [3.05, 3.63) is 58.6 Å². The molecule has 19 heavy (non-hydrogen) atoms. The molecule has 0 atom stereocenters. The maximum Gasteiger partial charge on any atom is 0.417 e. The van der Waals surface area contributed by atoms with Crippen molar-refractivity contribution in [2.75, 3.05) is 0 Å². The third kappa shape index (κ3) is 3.12. The van der Waals surface area contributed by atoms with Crippen LogP contribution < -0.4 is 0 Å². The van der Waals surface area contributed by atoms with Crippen molar-refractivity contribution in [2.45, 2.75) is 11.5 Å². The van der Waals surface area contributed by atoms with E-state index in [1.807, 2.05) is 0 Å². The summed E-state index contributed by atoms with van der Waals surface area (Å²) in [5, 5.41) is 0.919. The summed E-state index contributed by atoms with van der Waals surface area (Å²) in [5.74, 6) is 0. The fraction of sp³-hybridized carbons (Fsp3) is 0.143. The van der Waals surface area contributed by atoms with Gasteiger partial charge in [0.1, 0.15) is 0 Å². The summed E-state index contributed by atoms with van der Waals surface area (Å²) in [6, 6.07) is 10.5. The van der Waals surface area contributed by atoms with Crippen LogP contribution in [0.25, 0.3) is 11.1 Å². The zero-order valence-corrected chi connectivity index (χ0v) is 12.0. The molecule has 0 fully saturated rings. The first-order valence-electron chi connectivity index (χ1n) is 5.44. The third-order valence-corrected chi connectivity index (χ3v) is 3.67. The Kier molecular flexibility index (Phi) is 4.21. The van der Waals surface area contributed by atoms with Gasteiger partial charge in [0.15, 0.2) is 0 Å². The number of alkyl halides is 4. The molecule has 0 heterocycles. The lowest BCUT2D eigenvalue weighted by atomic mass is 9.98. The van der Waals surface area contributed by atoms with Gasteiger partial charge in [0.05, 0.1) is 5.56 Å². The molecular formula is C14H9BrClF3. The van der Waals surface area contributed by atoms with Gasteiger partial charge >= 0.3 is 6.18 Å². The van der Waals surface area contributed by atoms with Crippen molar-refractivity contribution >= 4 is 27.5 Å². The minimum Gasteiger partial charge on any atom is -0.166 e. The molecule has 0 aliphatic heterocycles. The van der Waals surface area contributed by atoms with E-state index in [2.05, 4.69) is 15.9 Å². The number of rotatable bonds is 2. The summed E-state index contributed by atoms with van der Waals surface area (Å²) in [7, 11) is 0. The quantitative estimate of drug-likeness (QED) is 0.590. The molecule has 0 aliphatic rings. The summed E-state index contributed by atoms with van der Waals surface area (Å²) in [5.41, 5.74) is 0.724. The Labute approximate surface area is 122 Å². The van der Waals surface area contributed by atoms with E-state index >= 15 is 0 Å². The SMILES string of the molecule is FC(F)(F)c1ccccc1-c1ccc(CBr)cc1Cl. The zero-order valence-electron chi connectivity index (χ0n) is 9.64. The van der Waals surface area contributed by atoms with Crippen molar-refractivity contribution in [2.24, 2.45) is 0 Å². The van der Waals surface area contributed by atoms with E-state index in [0.717, 1.165) is 11.6 Å². The van der Waals surface area contributed by atoms with Gasteiger partial charge in [-0.25, -0.2) is 0 Å². The topological polar surface area (TPSA) is 0 Å². The van der Waals surface area contributed by atoms with Crippen molar-refractivity contribution in [3.63, 3.8) is 0 Å². The molecule has 0 N–H and O–H groups in total. The van der Waals surface area contributed by atoms with Crippen LogP contribution in [0, 0.1) is 0 Å². The zero-order chi connectivity index (χ0) is 14.0. The Balaban J connectivity index is 2.60. The van der Waals surface area contributed by atoms with E-state index in [4.69, 9.17) is 11.6 Å². The van der Waals surface area contributed by atoms with Gasteiger partial charge in [-0.15, -0.1) is 0 Å².